The zero-order valence-electron chi connectivity index (χ0n) is 11.6. The van der Waals surface area contributed by atoms with Crippen LogP contribution in [0.4, 0.5) is 0 Å². The van der Waals surface area contributed by atoms with Crippen molar-refractivity contribution in [1.82, 2.24) is 0 Å². The molecule has 3 heteroatoms. The zero-order chi connectivity index (χ0) is 14.8. The van der Waals surface area contributed by atoms with Crippen molar-refractivity contribution in [2.75, 3.05) is 0 Å². The smallest absolute Gasteiger partial charge is 0.303 e. The number of hydrogen-bond donors (Lipinski definition) is 1. The predicted octanol–water partition coefficient (Wildman–Crippen LogP) is 3.70. The van der Waals surface area contributed by atoms with Crippen molar-refractivity contribution in [1.29, 1.82) is 0 Å². The lowest BCUT2D eigenvalue weighted by atomic mass is 9.96. The number of carboxylic acid groups (broad SMARTS) is 1. The van der Waals surface area contributed by atoms with Crippen molar-refractivity contribution in [3.63, 3.8) is 0 Å². The highest BCUT2D eigenvalue weighted by atomic mass is 16.4. The van der Waals surface area contributed by atoms with Gasteiger partial charge in [-0.25, -0.2) is 0 Å². The largest absolute Gasteiger partial charge is 0.481 e. The summed E-state index contributed by atoms with van der Waals surface area (Å²) in [5.41, 5.74) is 5.41. The standard InChI is InChI=1S/C18H16O3/c19-17(9-4-10-18(20)21)15-8-3-7-14-13-6-2-1-5-12(13)11-16(14)15/h1-3,5-8H,4,9-11H2,(H,20,21). The van der Waals surface area contributed by atoms with Gasteiger partial charge < -0.3 is 5.11 Å². The van der Waals surface area contributed by atoms with Crippen LogP contribution >= 0.6 is 0 Å². The van der Waals surface area contributed by atoms with Crippen molar-refractivity contribution >= 4 is 11.8 Å². The van der Waals surface area contributed by atoms with E-state index in [1.54, 1.807) is 0 Å². The molecule has 3 nitrogen and oxygen atoms in total. The lowest BCUT2D eigenvalue weighted by Gasteiger charge is -2.07. The summed E-state index contributed by atoms with van der Waals surface area (Å²) in [7, 11) is 0. The summed E-state index contributed by atoms with van der Waals surface area (Å²) in [5, 5.41) is 8.66. The minimum absolute atomic E-state index is 0.0425. The van der Waals surface area contributed by atoms with E-state index in [0.29, 0.717) is 12.8 Å². The first-order chi connectivity index (χ1) is 10.2. The Morgan fingerprint density at radius 3 is 2.52 bits per heavy atom. The molecule has 2 aromatic rings. The van der Waals surface area contributed by atoms with Crippen LogP contribution in [0.3, 0.4) is 0 Å². The van der Waals surface area contributed by atoms with Gasteiger partial charge in [0.05, 0.1) is 0 Å². The first-order valence-electron chi connectivity index (χ1n) is 7.12. The van der Waals surface area contributed by atoms with Crippen molar-refractivity contribution < 1.29 is 14.7 Å². The second kappa shape index (κ2) is 5.52. The Bertz CT molecular complexity index is 716. The summed E-state index contributed by atoms with van der Waals surface area (Å²) in [5.74, 6) is -0.811. The second-order valence-electron chi connectivity index (χ2n) is 5.34. The van der Waals surface area contributed by atoms with Crippen LogP contribution in [0.5, 0.6) is 0 Å². The molecule has 0 aromatic heterocycles. The third-order valence-electron chi connectivity index (χ3n) is 3.95. The molecule has 0 spiro atoms. The van der Waals surface area contributed by atoms with E-state index < -0.39 is 5.97 Å². The fraction of sp³-hybridized carbons (Fsp3) is 0.222. The lowest BCUT2D eigenvalue weighted by molar-refractivity contribution is -0.137. The van der Waals surface area contributed by atoms with Gasteiger partial charge >= 0.3 is 5.97 Å². The molecule has 0 radical (unpaired) electrons. The Morgan fingerprint density at radius 1 is 0.952 bits per heavy atom. The van der Waals surface area contributed by atoms with Crippen LogP contribution in [-0.2, 0) is 11.2 Å². The summed E-state index contributed by atoms with van der Waals surface area (Å²) in [6, 6.07) is 14.0. The molecule has 0 fully saturated rings. The molecule has 106 valence electrons. The van der Waals surface area contributed by atoms with Gasteiger partial charge in [0.15, 0.2) is 5.78 Å². The third kappa shape index (κ3) is 2.59. The van der Waals surface area contributed by atoms with Crippen molar-refractivity contribution in [3.05, 3.63) is 59.2 Å². The molecule has 0 unspecified atom stereocenters. The van der Waals surface area contributed by atoms with E-state index in [9.17, 15) is 9.59 Å². The van der Waals surface area contributed by atoms with Crippen molar-refractivity contribution in [3.8, 4) is 11.1 Å². The molecule has 0 bridgehead atoms. The van der Waals surface area contributed by atoms with Crippen LogP contribution in [0.15, 0.2) is 42.5 Å². The normalized spacial score (nSPS) is 11.8. The molecule has 0 saturated carbocycles. The van der Waals surface area contributed by atoms with Gasteiger partial charge in [0, 0.05) is 18.4 Å². The number of carbonyl (C=O) groups is 2. The van der Waals surface area contributed by atoms with Gasteiger partial charge in [-0.3, -0.25) is 9.59 Å². The molecular formula is C18H16O3. The van der Waals surface area contributed by atoms with Gasteiger partial charge in [-0.15, -0.1) is 0 Å². The van der Waals surface area contributed by atoms with E-state index in [2.05, 4.69) is 18.2 Å². The molecule has 1 aliphatic rings. The van der Waals surface area contributed by atoms with Crippen LogP contribution < -0.4 is 0 Å². The fourth-order valence-corrected chi connectivity index (χ4v) is 2.95. The van der Waals surface area contributed by atoms with Gasteiger partial charge in [-0.2, -0.15) is 0 Å². The summed E-state index contributed by atoms with van der Waals surface area (Å²) in [6.45, 7) is 0. The number of hydrogen-bond acceptors (Lipinski definition) is 2. The number of carboxylic acids is 1. The minimum atomic E-state index is -0.853. The fourth-order valence-electron chi connectivity index (χ4n) is 2.95. The minimum Gasteiger partial charge on any atom is -0.481 e. The monoisotopic (exact) mass is 280 g/mol. The number of rotatable bonds is 5. The lowest BCUT2D eigenvalue weighted by Crippen LogP contribution is -2.05. The zero-order valence-corrected chi connectivity index (χ0v) is 11.6. The van der Waals surface area contributed by atoms with E-state index >= 15 is 0 Å². The maximum atomic E-state index is 12.3. The molecule has 1 aliphatic carbocycles. The maximum Gasteiger partial charge on any atom is 0.303 e. The highest BCUT2D eigenvalue weighted by Crippen LogP contribution is 2.38. The van der Waals surface area contributed by atoms with Crippen LogP contribution in [0.2, 0.25) is 0 Å². The first kappa shape index (κ1) is 13.6. The third-order valence-corrected chi connectivity index (χ3v) is 3.95. The summed E-state index contributed by atoms with van der Waals surface area (Å²) < 4.78 is 0. The highest BCUT2D eigenvalue weighted by molar-refractivity contribution is 6.00. The van der Waals surface area contributed by atoms with Crippen LogP contribution in [-0.4, -0.2) is 16.9 Å². The van der Waals surface area contributed by atoms with E-state index in [1.165, 1.54) is 11.1 Å². The summed E-state index contributed by atoms with van der Waals surface area (Å²) in [4.78, 5) is 22.9. The van der Waals surface area contributed by atoms with Crippen LogP contribution in [0.25, 0.3) is 11.1 Å². The number of Topliss-reactive ketones (excluding diaryl/α,β-unsaturated/α-hetero) is 1. The predicted molar refractivity (Wildman–Crippen MR) is 80.5 cm³/mol. The topological polar surface area (TPSA) is 54.4 Å². The average Bonchev–Trinajstić information content (AvgIpc) is 2.85. The van der Waals surface area contributed by atoms with Gasteiger partial charge in [0.25, 0.3) is 0 Å². The quantitative estimate of drug-likeness (QED) is 0.725. The Labute approximate surface area is 123 Å². The molecule has 0 amide bonds. The summed E-state index contributed by atoms with van der Waals surface area (Å²) >= 11 is 0. The molecule has 3 rings (SSSR count). The maximum absolute atomic E-state index is 12.3. The van der Waals surface area contributed by atoms with Gasteiger partial charge in [-0.05, 0) is 35.1 Å². The number of carbonyl (C=O) groups excluding carboxylic acids is 1. The average molecular weight is 280 g/mol. The summed E-state index contributed by atoms with van der Waals surface area (Å²) in [6.07, 6.45) is 1.51. The van der Waals surface area contributed by atoms with Gasteiger partial charge in [0.1, 0.15) is 0 Å². The molecule has 1 N–H and O–H groups in total. The van der Waals surface area contributed by atoms with Crippen molar-refractivity contribution in [2.45, 2.75) is 25.7 Å². The van der Waals surface area contributed by atoms with Crippen LogP contribution in [0.1, 0.15) is 40.7 Å². The molecule has 2 aromatic carbocycles. The molecule has 0 atom stereocenters. The molecule has 21 heavy (non-hydrogen) atoms. The number of benzene rings is 2. The Hall–Kier alpha value is -2.42. The Balaban J connectivity index is 1.86. The first-order valence-corrected chi connectivity index (χ1v) is 7.12. The number of ketones is 1. The second-order valence-corrected chi connectivity index (χ2v) is 5.34. The molecule has 0 heterocycles. The number of fused-ring (bicyclic) bond motifs is 3. The SMILES string of the molecule is O=C(O)CCCC(=O)c1cccc2c1Cc1ccccc1-2. The van der Waals surface area contributed by atoms with E-state index in [-0.39, 0.29) is 12.2 Å². The van der Waals surface area contributed by atoms with Gasteiger partial charge in [0.2, 0.25) is 0 Å². The number of aliphatic carboxylic acids is 1. The molecular weight excluding hydrogens is 264 g/mol. The van der Waals surface area contributed by atoms with E-state index in [0.717, 1.165) is 23.1 Å². The van der Waals surface area contributed by atoms with E-state index in [4.69, 9.17) is 5.11 Å². The molecule has 0 aliphatic heterocycles. The highest BCUT2D eigenvalue weighted by Gasteiger charge is 2.22. The van der Waals surface area contributed by atoms with Gasteiger partial charge in [-0.1, -0.05) is 42.5 Å². The Kier molecular flexibility index (Phi) is 3.57. The Morgan fingerprint density at radius 2 is 1.71 bits per heavy atom. The molecule has 0 saturated heterocycles. The van der Waals surface area contributed by atoms with Crippen LogP contribution in [0, 0.1) is 0 Å². The van der Waals surface area contributed by atoms with E-state index in [1.807, 2.05) is 24.3 Å². The van der Waals surface area contributed by atoms with Crippen molar-refractivity contribution in [2.24, 2.45) is 0 Å².